The van der Waals surface area contributed by atoms with Gasteiger partial charge in [0, 0.05) is 12.6 Å². The summed E-state index contributed by atoms with van der Waals surface area (Å²) >= 11 is 0. The van der Waals surface area contributed by atoms with Crippen molar-refractivity contribution in [1.29, 1.82) is 0 Å². The quantitative estimate of drug-likeness (QED) is 0.542. The lowest BCUT2D eigenvalue weighted by molar-refractivity contribution is -0.149. The van der Waals surface area contributed by atoms with Crippen molar-refractivity contribution in [2.75, 3.05) is 26.3 Å². The number of nitrogens with zero attached hydrogens (tertiary/aromatic N) is 1. The maximum atomic E-state index is 13.0. The lowest BCUT2D eigenvalue weighted by Gasteiger charge is -2.20. The molecule has 0 bridgehead atoms. The summed E-state index contributed by atoms with van der Waals surface area (Å²) in [5.74, 6) is -1.11. The molecule has 1 amide bonds. The van der Waals surface area contributed by atoms with Gasteiger partial charge in [-0.15, -0.1) is 6.58 Å². The maximum Gasteiger partial charge on any atom is 0.325 e. The Morgan fingerprint density at radius 1 is 1.43 bits per heavy atom. The van der Waals surface area contributed by atoms with Crippen molar-refractivity contribution in [3.63, 3.8) is 0 Å². The molecule has 21 heavy (non-hydrogen) atoms. The molecular formula is C15H18FNO4. The molecule has 0 heterocycles. The second kappa shape index (κ2) is 8.73. The van der Waals surface area contributed by atoms with E-state index in [9.17, 15) is 14.0 Å². The molecule has 6 heteroatoms. The zero-order valence-electron chi connectivity index (χ0n) is 11.9. The number of hydrogen-bond acceptors (Lipinski definition) is 4. The minimum atomic E-state index is -0.501. The summed E-state index contributed by atoms with van der Waals surface area (Å²) < 4.78 is 23.0. The predicted molar refractivity (Wildman–Crippen MR) is 75.3 cm³/mol. The first-order valence-corrected chi connectivity index (χ1v) is 6.49. The molecule has 114 valence electrons. The maximum absolute atomic E-state index is 13.0. The summed E-state index contributed by atoms with van der Waals surface area (Å²) in [5, 5.41) is 0. The number of hydrogen-bond donors (Lipinski definition) is 0. The summed E-state index contributed by atoms with van der Waals surface area (Å²) in [6.45, 7) is 5.19. The van der Waals surface area contributed by atoms with Crippen LogP contribution in [0.5, 0.6) is 5.75 Å². The second-order valence-corrected chi connectivity index (χ2v) is 4.11. The van der Waals surface area contributed by atoms with Crippen molar-refractivity contribution in [2.45, 2.75) is 6.92 Å². The monoisotopic (exact) mass is 295 g/mol. The number of benzene rings is 1. The molecule has 5 nitrogen and oxygen atoms in total. The molecule has 0 N–H and O–H groups in total. The van der Waals surface area contributed by atoms with E-state index < -0.39 is 17.7 Å². The third-order valence-corrected chi connectivity index (χ3v) is 2.49. The molecule has 0 spiro atoms. The minimum Gasteiger partial charge on any atom is -0.484 e. The Bertz CT molecular complexity index is 504. The molecule has 0 unspecified atom stereocenters. The summed E-state index contributed by atoms with van der Waals surface area (Å²) in [6.07, 6.45) is 1.50. The van der Waals surface area contributed by atoms with Crippen LogP contribution < -0.4 is 4.74 Å². The number of amides is 1. The number of carbonyl (C=O) groups is 2. The van der Waals surface area contributed by atoms with Crippen molar-refractivity contribution in [2.24, 2.45) is 0 Å². The summed E-state index contributed by atoms with van der Waals surface area (Å²) in [5.41, 5.74) is 0. The molecule has 1 rings (SSSR count). The first-order valence-electron chi connectivity index (χ1n) is 6.49. The first kappa shape index (κ1) is 16.7. The highest BCUT2D eigenvalue weighted by atomic mass is 19.1. The number of carbonyl (C=O) groups excluding carboxylic acids is 2. The highest BCUT2D eigenvalue weighted by molar-refractivity contribution is 5.83. The van der Waals surface area contributed by atoms with E-state index in [0.29, 0.717) is 0 Å². The first-order chi connectivity index (χ1) is 10.1. The molecule has 0 atom stereocenters. The van der Waals surface area contributed by atoms with Crippen LogP contribution in [0, 0.1) is 5.82 Å². The van der Waals surface area contributed by atoms with E-state index >= 15 is 0 Å². The Labute approximate surface area is 123 Å². The summed E-state index contributed by atoms with van der Waals surface area (Å²) in [6, 6.07) is 5.48. The van der Waals surface area contributed by atoms with Crippen LogP contribution in [-0.4, -0.2) is 43.1 Å². The molecule has 1 aromatic carbocycles. The fraction of sp³-hybridized carbons (Fsp3) is 0.333. The minimum absolute atomic E-state index is 0.175. The topological polar surface area (TPSA) is 55.8 Å². The van der Waals surface area contributed by atoms with Gasteiger partial charge in [0.2, 0.25) is 0 Å². The molecule has 1 aromatic rings. The summed E-state index contributed by atoms with van der Waals surface area (Å²) in [4.78, 5) is 24.6. The van der Waals surface area contributed by atoms with Crippen LogP contribution in [0.3, 0.4) is 0 Å². The Morgan fingerprint density at radius 2 is 2.19 bits per heavy atom. The smallest absolute Gasteiger partial charge is 0.325 e. The lowest BCUT2D eigenvalue weighted by Crippen LogP contribution is -2.39. The van der Waals surface area contributed by atoms with E-state index in [2.05, 4.69) is 6.58 Å². The van der Waals surface area contributed by atoms with Crippen molar-refractivity contribution >= 4 is 11.9 Å². The second-order valence-electron chi connectivity index (χ2n) is 4.11. The van der Waals surface area contributed by atoms with Crippen LogP contribution in [0.15, 0.2) is 36.9 Å². The van der Waals surface area contributed by atoms with Gasteiger partial charge in [-0.1, -0.05) is 12.1 Å². The standard InChI is InChI=1S/C15H18FNO4/c1-3-8-17(10-15(19)20-4-2)14(18)11-21-13-7-5-6-12(16)9-13/h3,5-7,9H,1,4,8,10-11H2,2H3. The number of esters is 1. The molecule has 0 aromatic heterocycles. The van der Waals surface area contributed by atoms with Crippen molar-refractivity contribution < 1.29 is 23.5 Å². The molecular weight excluding hydrogens is 277 g/mol. The van der Waals surface area contributed by atoms with Crippen LogP contribution in [0.1, 0.15) is 6.92 Å². The van der Waals surface area contributed by atoms with Crippen LogP contribution in [-0.2, 0) is 14.3 Å². The van der Waals surface area contributed by atoms with Gasteiger partial charge >= 0.3 is 5.97 Å². The third-order valence-electron chi connectivity index (χ3n) is 2.49. The molecule has 0 saturated heterocycles. The van der Waals surface area contributed by atoms with Gasteiger partial charge < -0.3 is 14.4 Å². The zero-order chi connectivity index (χ0) is 15.7. The van der Waals surface area contributed by atoms with E-state index in [-0.39, 0.29) is 32.1 Å². The Kier molecular flexibility index (Phi) is 6.94. The van der Waals surface area contributed by atoms with Crippen LogP contribution in [0.4, 0.5) is 4.39 Å². The number of halogens is 1. The predicted octanol–water partition coefficient (Wildman–Crippen LogP) is 1.78. The molecule has 0 radical (unpaired) electrons. The van der Waals surface area contributed by atoms with E-state index in [1.54, 1.807) is 13.0 Å². The molecule has 0 saturated carbocycles. The Balaban J connectivity index is 2.56. The van der Waals surface area contributed by atoms with E-state index in [0.717, 1.165) is 0 Å². The normalized spacial score (nSPS) is 9.81. The average Bonchev–Trinajstić information content (AvgIpc) is 2.44. The van der Waals surface area contributed by atoms with Gasteiger partial charge in [-0.25, -0.2) is 4.39 Å². The van der Waals surface area contributed by atoms with Crippen molar-refractivity contribution in [3.05, 3.63) is 42.7 Å². The fourth-order valence-electron chi connectivity index (χ4n) is 1.57. The van der Waals surface area contributed by atoms with Gasteiger partial charge in [-0.05, 0) is 19.1 Å². The van der Waals surface area contributed by atoms with Gasteiger partial charge in [0.1, 0.15) is 18.1 Å². The van der Waals surface area contributed by atoms with Crippen molar-refractivity contribution in [3.8, 4) is 5.75 Å². The lowest BCUT2D eigenvalue weighted by atomic mass is 10.3. The number of rotatable bonds is 8. The SMILES string of the molecule is C=CCN(CC(=O)OCC)C(=O)COc1cccc(F)c1. The molecule has 0 aliphatic carbocycles. The number of ether oxygens (including phenoxy) is 2. The largest absolute Gasteiger partial charge is 0.484 e. The molecule has 0 aliphatic heterocycles. The van der Waals surface area contributed by atoms with E-state index in [1.807, 2.05) is 0 Å². The van der Waals surface area contributed by atoms with Gasteiger partial charge in [0.25, 0.3) is 5.91 Å². The molecule has 0 fully saturated rings. The van der Waals surface area contributed by atoms with E-state index in [4.69, 9.17) is 9.47 Å². The van der Waals surface area contributed by atoms with Crippen LogP contribution in [0.2, 0.25) is 0 Å². The van der Waals surface area contributed by atoms with Gasteiger partial charge in [-0.3, -0.25) is 9.59 Å². The van der Waals surface area contributed by atoms with E-state index in [1.165, 1.54) is 29.2 Å². The highest BCUT2D eigenvalue weighted by Crippen LogP contribution is 2.11. The van der Waals surface area contributed by atoms with Crippen LogP contribution in [0.25, 0.3) is 0 Å². The third kappa shape index (κ3) is 6.07. The van der Waals surface area contributed by atoms with Gasteiger partial charge in [-0.2, -0.15) is 0 Å². The molecule has 0 aliphatic rings. The average molecular weight is 295 g/mol. The highest BCUT2D eigenvalue weighted by Gasteiger charge is 2.17. The van der Waals surface area contributed by atoms with Crippen molar-refractivity contribution in [1.82, 2.24) is 4.90 Å². The fourth-order valence-corrected chi connectivity index (χ4v) is 1.57. The zero-order valence-corrected chi connectivity index (χ0v) is 11.9. The van der Waals surface area contributed by atoms with Gasteiger partial charge in [0.15, 0.2) is 6.61 Å². The Morgan fingerprint density at radius 3 is 2.81 bits per heavy atom. The van der Waals surface area contributed by atoms with Crippen LogP contribution >= 0.6 is 0 Å². The Hall–Kier alpha value is -2.37. The van der Waals surface area contributed by atoms with Gasteiger partial charge in [0.05, 0.1) is 6.61 Å². The summed E-state index contributed by atoms with van der Waals surface area (Å²) in [7, 11) is 0.